The highest BCUT2D eigenvalue weighted by atomic mass is 19.1. The fourth-order valence-corrected chi connectivity index (χ4v) is 4.58. The van der Waals surface area contributed by atoms with Crippen LogP contribution < -0.4 is 5.32 Å². The lowest BCUT2D eigenvalue weighted by molar-refractivity contribution is -0.124. The van der Waals surface area contributed by atoms with Crippen LogP contribution in [0.2, 0.25) is 0 Å². The third-order valence-electron chi connectivity index (χ3n) is 5.97. The van der Waals surface area contributed by atoms with E-state index in [1.165, 1.54) is 31.4 Å². The molecule has 1 amide bonds. The smallest absolute Gasteiger partial charge is 0.234 e. The Labute approximate surface area is 155 Å². The average Bonchev–Trinajstić information content (AvgIpc) is 3.17. The van der Waals surface area contributed by atoms with E-state index in [4.69, 9.17) is 0 Å². The molecule has 1 heterocycles. The minimum Gasteiger partial charge on any atom is -0.396 e. The lowest BCUT2D eigenvalue weighted by atomic mass is 9.91. The summed E-state index contributed by atoms with van der Waals surface area (Å²) in [6.45, 7) is 1.47. The zero-order valence-electron chi connectivity index (χ0n) is 15.5. The second-order valence-electron chi connectivity index (χ2n) is 7.77. The Bertz CT molecular complexity index is 570. The number of hydrogen-bond acceptors (Lipinski definition) is 3. The summed E-state index contributed by atoms with van der Waals surface area (Å²) in [4.78, 5) is 15.0. The zero-order valence-corrected chi connectivity index (χ0v) is 15.5. The van der Waals surface area contributed by atoms with Gasteiger partial charge < -0.3 is 10.4 Å². The molecule has 144 valence electrons. The standard InChI is InChI=1S/C21H31FN2O2/c22-18-10-8-17(9-11-18)21(16-5-1-2-6-16)23-20(26)15-24-13-4-3-7-19(24)12-14-25/h8-11,16,19,21,25H,1-7,12-15H2,(H,23,26). The van der Waals surface area contributed by atoms with Gasteiger partial charge in [-0.3, -0.25) is 9.69 Å². The highest BCUT2D eigenvalue weighted by molar-refractivity contribution is 5.78. The van der Waals surface area contributed by atoms with E-state index >= 15 is 0 Å². The van der Waals surface area contributed by atoms with Crippen molar-refractivity contribution >= 4 is 5.91 Å². The van der Waals surface area contributed by atoms with Crippen molar-refractivity contribution < 1.29 is 14.3 Å². The monoisotopic (exact) mass is 362 g/mol. The molecular weight excluding hydrogens is 331 g/mol. The van der Waals surface area contributed by atoms with Gasteiger partial charge in [-0.1, -0.05) is 31.4 Å². The van der Waals surface area contributed by atoms with Crippen LogP contribution in [-0.4, -0.2) is 41.7 Å². The van der Waals surface area contributed by atoms with E-state index in [9.17, 15) is 14.3 Å². The third-order valence-corrected chi connectivity index (χ3v) is 5.97. The quantitative estimate of drug-likeness (QED) is 0.782. The molecule has 1 aliphatic heterocycles. The van der Waals surface area contributed by atoms with Gasteiger partial charge in [0.15, 0.2) is 0 Å². The highest BCUT2D eigenvalue weighted by Gasteiger charge is 2.29. The van der Waals surface area contributed by atoms with Gasteiger partial charge in [0.2, 0.25) is 5.91 Å². The number of likely N-dealkylation sites (tertiary alicyclic amines) is 1. The number of benzene rings is 1. The van der Waals surface area contributed by atoms with Crippen LogP contribution in [0.4, 0.5) is 4.39 Å². The first-order chi connectivity index (χ1) is 12.7. The van der Waals surface area contributed by atoms with Crippen molar-refractivity contribution in [3.8, 4) is 0 Å². The fraction of sp³-hybridized carbons (Fsp3) is 0.667. The summed E-state index contributed by atoms with van der Waals surface area (Å²) in [5.41, 5.74) is 0.997. The number of carbonyl (C=O) groups excluding carboxylic acids is 1. The Balaban J connectivity index is 1.65. The van der Waals surface area contributed by atoms with Crippen LogP contribution in [0, 0.1) is 11.7 Å². The SMILES string of the molecule is O=C(CN1CCCCC1CCO)NC(c1ccc(F)cc1)C1CCCC1. The van der Waals surface area contributed by atoms with Crippen molar-refractivity contribution in [2.24, 2.45) is 5.92 Å². The van der Waals surface area contributed by atoms with Crippen molar-refractivity contribution in [1.82, 2.24) is 10.2 Å². The summed E-state index contributed by atoms with van der Waals surface area (Å²) in [6, 6.07) is 6.82. The predicted octanol–water partition coefficient (Wildman–Crippen LogP) is 3.41. The van der Waals surface area contributed by atoms with Crippen LogP contribution in [0.1, 0.15) is 63.0 Å². The molecule has 0 aromatic heterocycles. The van der Waals surface area contributed by atoms with Gasteiger partial charge >= 0.3 is 0 Å². The van der Waals surface area contributed by atoms with Gasteiger partial charge in [0, 0.05) is 12.6 Å². The lowest BCUT2D eigenvalue weighted by Crippen LogP contribution is -2.47. The summed E-state index contributed by atoms with van der Waals surface area (Å²) in [6.07, 6.45) is 8.68. The molecule has 0 bridgehead atoms. The normalized spacial score (nSPS) is 23.1. The maximum atomic E-state index is 13.3. The first-order valence-corrected chi connectivity index (χ1v) is 10.1. The summed E-state index contributed by atoms with van der Waals surface area (Å²) in [7, 11) is 0. The van der Waals surface area contributed by atoms with Gasteiger partial charge in [-0.15, -0.1) is 0 Å². The molecule has 5 heteroatoms. The Morgan fingerprint density at radius 2 is 1.85 bits per heavy atom. The minimum absolute atomic E-state index is 0.0355. The Kier molecular flexibility index (Phi) is 7.03. The minimum atomic E-state index is -0.245. The van der Waals surface area contributed by atoms with Crippen LogP contribution in [0.15, 0.2) is 24.3 Å². The number of nitrogens with one attached hydrogen (secondary N) is 1. The van der Waals surface area contributed by atoms with Crippen LogP contribution in [0.5, 0.6) is 0 Å². The number of amides is 1. The molecule has 2 aliphatic rings. The van der Waals surface area contributed by atoms with E-state index in [1.54, 1.807) is 12.1 Å². The molecule has 4 nitrogen and oxygen atoms in total. The molecule has 3 rings (SSSR count). The number of carbonyl (C=O) groups is 1. The molecule has 0 spiro atoms. The van der Waals surface area contributed by atoms with Gasteiger partial charge in [-0.05, 0) is 62.3 Å². The van der Waals surface area contributed by atoms with E-state index in [-0.39, 0.29) is 24.4 Å². The van der Waals surface area contributed by atoms with Gasteiger partial charge in [0.05, 0.1) is 12.6 Å². The van der Waals surface area contributed by atoms with E-state index < -0.39 is 0 Å². The Morgan fingerprint density at radius 1 is 1.15 bits per heavy atom. The predicted molar refractivity (Wildman–Crippen MR) is 100 cm³/mol. The van der Waals surface area contributed by atoms with Gasteiger partial charge in [0.1, 0.15) is 5.82 Å². The molecular formula is C21H31FN2O2. The second-order valence-corrected chi connectivity index (χ2v) is 7.77. The molecule has 1 saturated carbocycles. The summed E-state index contributed by atoms with van der Waals surface area (Å²) >= 11 is 0. The van der Waals surface area contributed by atoms with E-state index in [2.05, 4.69) is 10.2 Å². The summed E-state index contributed by atoms with van der Waals surface area (Å²) in [5.74, 6) is 0.223. The molecule has 26 heavy (non-hydrogen) atoms. The van der Waals surface area contributed by atoms with Crippen LogP contribution in [0.25, 0.3) is 0 Å². The van der Waals surface area contributed by atoms with Crippen LogP contribution >= 0.6 is 0 Å². The summed E-state index contributed by atoms with van der Waals surface area (Å²) < 4.78 is 13.3. The average molecular weight is 362 g/mol. The number of nitrogens with zero attached hydrogens (tertiary/aromatic N) is 1. The molecule has 2 fully saturated rings. The maximum Gasteiger partial charge on any atom is 0.234 e. The lowest BCUT2D eigenvalue weighted by Gasteiger charge is -2.35. The van der Waals surface area contributed by atoms with Crippen molar-refractivity contribution in [2.45, 2.75) is 63.5 Å². The highest BCUT2D eigenvalue weighted by Crippen LogP contribution is 2.35. The molecule has 1 aliphatic carbocycles. The van der Waals surface area contributed by atoms with Gasteiger partial charge in [0.25, 0.3) is 0 Å². The van der Waals surface area contributed by atoms with Gasteiger partial charge in [-0.25, -0.2) is 4.39 Å². The molecule has 2 unspecified atom stereocenters. The zero-order chi connectivity index (χ0) is 18.4. The van der Waals surface area contributed by atoms with Crippen molar-refractivity contribution in [3.63, 3.8) is 0 Å². The number of piperidine rings is 1. The number of halogens is 1. The van der Waals surface area contributed by atoms with E-state index in [0.29, 0.717) is 18.5 Å². The summed E-state index contributed by atoms with van der Waals surface area (Å²) in [5, 5.41) is 12.5. The number of hydrogen-bond donors (Lipinski definition) is 2. The Hall–Kier alpha value is -1.46. The van der Waals surface area contributed by atoms with Crippen molar-refractivity contribution in [2.75, 3.05) is 19.7 Å². The number of aliphatic hydroxyl groups is 1. The first kappa shape index (κ1) is 19.3. The molecule has 2 N–H and O–H groups in total. The van der Waals surface area contributed by atoms with Crippen molar-refractivity contribution in [1.29, 1.82) is 0 Å². The fourth-order valence-electron chi connectivity index (χ4n) is 4.58. The Morgan fingerprint density at radius 3 is 2.54 bits per heavy atom. The number of aliphatic hydroxyl groups excluding tert-OH is 1. The molecule has 0 radical (unpaired) electrons. The number of rotatable bonds is 7. The van der Waals surface area contributed by atoms with Crippen LogP contribution in [0.3, 0.4) is 0 Å². The molecule has 1 aromatic carbocycles. The van der Waals surface area contributed by atoms with E-state index in [1.807, 2.05) is 0 Å². The maximum absolute atomic E-state index is 13.3. The molecule has 1 aromatic rings. The van der Waals surface area contributed by atoms with Gasteiger partial charge in [-0.2, -0.15) is 0 Å². The topological polar surface area (TPSA) is 52.6 Å². The second kappa shape index (κ2) is 9.47. The molecule has 1 saturated heterocycles. The largest absolute Gasteiger partial charge is 0.396 e. The van der Waals surface area contributed by atoms with Crippen LogP contribution in [-0.2, 0) is 4.79 Å². The molecule has 2 atom stereocenters. The van der Waals surface area contributed by atoms with E-state index in [0.717, 1.165) is 44.2 Å². The third kappa shape index (κ3) is 5.04. The van der Waals surface area contributed by atoms with Crippen molar-refractivity contribution in [3.05, 3.63) is 35.6 Å². The first-order valence-electron chi connectivity index (χ1n) is 10.1.